The number of anilines is 1. The van der Waals surface area contributed by atoms with Crippen LogP contribution in [0.25, 0.3) is 0 Å². The maximum atomic E-state index is 10.5. The first-order valence-corrected chi connectivity index (χ1v) is 10.3. The van der Waals surface area contributed by atoms with Gasteiger partial charge in [-0.1, -0.05) is 24.3 Å². The molecule has 0 spiro atoms. The first-order valence-electron chi connectivity index (χ1n) is 9.48. The summed E-state index contributed by atoms with van der Waals surface area (Å²) >= 11 is 1.38. The monoisotopic (exact) mass is 373 g/mol. The molecule has 1 aromatic carbocycles. The molecule has 0 radical (unpaired) electrons. The van der Waals surface area contributed by atoms with Gasteiger partial charge < -0.3 is 20.5 Å². The zero-order chi connectivity index (χ0) is 17.9. The summed E-state index contributed by atoms with van der Waals surface area (Å²) in [5, 5.41) is 18.2. The van der Waals surface area contributed by atoms with Gasteiger partial charge in [-0.05, 0) is 61.8 Å². The molecule has 0 amide bonds. The highest BCUT2D eigenvalue weighted by atomic mass is 32.1. The molecule has 140 valence electrons. The van der Waals surface area contributed by atoms with Crippen molar-refractivity contribution in [3.05, 3.63) is 47.2 Å². The first kappa shape index (κ1) is 17.9. The third-order valence-corrected chi connectivity index (χ3v) is 6.17. The molecule has 3 N–H and O–H groups in total. The lowest BCUT2D eigenvalue weighted by molar-refractivity contribution is 0.0662. The Hall–Kier alpha value is -1.47. The maximum absolute atomic E-state index is 10.5. The van der Waals surface area contributed by atoms with Crippen LogP contribution in [-0.4, -0.2) is 35.3 Å². The van der Waals surface area contributed by atoms with Gasteiger partial charge in [-0.2, -0.15) is 4.37 Å². The van der Waals surface area contributed by atoms with E-state index in [1.165, 1.54) is 36.4 Å². The van der Waals surface area contributed by atoms with E-state index in [2.05, 4.69) is 27.1 Å². The smallest absolute Gasteiger partial charge is 0.151 e. The van der Waals surface area contributed by atoms with Crippen molar-refractivity contribution in [2.24, 2.45) is 5.92 Å². The molecule has 5 nitrogen and oxygen atoms in total. The molecule has 26 heavy (non-hydrogen) atoms. The van der Waals surface area contributed by atoms with Gasteiger partial charge in [0.15, 0.2) is 6.23 Å². The van der Waals surface area contributed by atoms with Gasteiger partial charge in [0.25, 0.3) is 0 Å². The van der Waals surface area contributed by atoms with Crippen LogP contribution in [0.5, 0.6) is 0 Å². The number of rotatable bonds is 7. The van der Waals surface area contributed by atoms with Gasteiger partial charge in [0.1, 0.15) is 5.00 Å². The highest BCUT2D eigenvalue weighted by molar-refractivity contribution is 7.10. The summed E-state index contributed by atoms with van der Waals surface area (Å²) in [6, 6.07) is 10.8. The largest absolute Gasteiger partial charge is 0.381 e. The van der Waals surface area contributed by atoms with E-state index in [-0.39, 0.29) is 0 Å². The second kappa shape index (κ2) is 8.05. The zero-order valence-corrected chi connectivity index (χ0v) is 16.0. The average molecular weight is 374 g/mol. The summed E-state index contributed by atoms with van der Waals surface area (Å²) in [7, 11) is 0. The van der Waals surface area contributed by atoms with E-state index in [9.17, 15) is 5.11 Å². The van der Waals surface area contributed by atoms with Crippen LogP contribution < -0.4 is 10.6 Å². The van der Waals surface area contributed by atoms with Gasteiger partial charge in [-0.15, -0.1) is 0 Å². The van der Waals surface area contributed by atoms with Crippen LogP contribution in [0.15, 0.2) is 30.3 Å². The predicted octanol–water partition coefficient (Wildman–Crippen LogP) is 3.43. The minimum atomic E-state index is -0.706. The molecular formula is C20H27N3O2S. The number of nitrogens with one attached hydrogen (secondary N) is 2. The van der Waals surface area contributed by atoms with E-state index in [0.717, 1.165) is 41.9 Å². The Morgan fingerprint density at radius 3 is 2.92 bits per heavy atom. The van der Waals surface area contributed by atoms with E-state index >= 15 is 0 Å². The molecule has 3 unspecified atom stereocenters. The maximum Gasteiger partial charge on any atom is 0.151 e. The number of aliphatic hydroxyl groups excluding tert-OH is 1. The van der Waals surface area contributed by atoms with Crippen molar-refractivity contribution in [1.82, 2.24) is 9.69 Å². The number of aliphatic hydroxyl groups is 1. The second-order valence-electron chi connectivity index (χ2n) is 7.46. The van der Waals surface area contributed by atoms with Crippen LogP contribution in [0.4, 0.5) is 5.00 Å². The highest BCUT2D eigenvalue weighted by Gasteiger charge is 2.38. The van der Waals surface area contributed by atoms with E-state index in [1.807, 2.05) is 25.1 Å². The highest BCUT2D eigenvalue weighted by Crippen LogP contribution is 2.41. The summed E-state index contributed by atoms with van der Waals surface area (Å²) < 4.78 is 9.67. The summed E-state index contributed by atoms with van der Waals surface area (Å²) in [4.78, 5) is 0. The Morgan fingerprint density at radius 1 is 1.31 bits per heavy atom. The van der Waals surface area contributed by atoms with Crippen molar-refractivity contribution in [3.63, 3.8) is 0 Å². The number of nitrogens with zero attached hydrogens (tertiary/aromatic N) is 1. The van der Waals surface area contributed by atoms with Gasteiger partial charge in [-0.25, -0.2) is 0 Å². The summed E-state index contributed by atoms with van der Waals surface area (Å²) in [5.41, 5.74) is 3.19. The number of ether oxygens (including phenoxy) is 1. The molecule has 3 atom stereocenters. The molecule has 2 aliphatic rings. The number of hydrogen-bond acceptors (Lipinski definition) is 6. The van der Waals surface area contributed by atoms with Crippen LogP contribution >= 0.6 is 11.5 Å². The molecule has 2 aromatic rings. The molecule has 2 heterocycles. The topological polar surface area (TPSA) is 66.4 Å². The number of benzene rings is 1. The third kappa shape index (κ3) is 4.43. The standard InChI is InChI=1S/C20H27N3O2S/c1-13-9-19(26-23-13)22-20(24)16-4-2-3-15(10-16)17-11-18(17)21-12-14-5-7-25-8-6-14/h2-4,9-10,14,17-18,20-22,24H,5-8,11-12H2,1H3. The lowest BCUT2D eigenvalue weighted by Gasteiger charge is -2.22. The third-order valence-electron chi connectivity index (χ3n) is 5.36. The van der Waals surface area contributed by atoms with Crippen LogP contribution in [-0.2, 0) is 4.74 Å². The molecule has 1 aliphatic heterocycles. The van der Waals surface area contributed by atoms with Gasteiger partial charge in [0.05, 0.1) is 5.69 Å². The molecule has 6 heteroatoms. The Labute approximate surface area is 158 Å². The fourth-order valence-electron chi connectivity index (χ4n) is 3.67. The van der Waals surface area contributed by atoms with Crippen LogP contribution in [0.1, 0.15) is 48.2 Å². The van der Waals surface area contributed by atoms with Crippen molar-refractivity contribution in [3.8, 4) is 0 Å². The van der Waals surface area contributed by atoms with Crippen molar-refractivity contribution >= 4 is 16.5 Å². The van der Waals surface area contributed by atoms with Crippen molar-refractivity contribution < 1.29 is 9.84 Å². The molecule has 1 saturated heterocycles. The quantitative estimate of drug-likeness (QED) is 0.649. The fraction of sp³-hybridized carbons (Fsp3) is 0.550. The van der Waals surface area contributed by atoms with E-state index < -0.39 is 6.23 Å². The molecule has 4 rings (SSSR count). The van der Waals surface area contributed by atoms with E-state index in [0.29, 0.717) is 12.0 Å². The summed E-state index contributed by atoms with van der Waals surface area (Å²) in [6.45, 7) is 4.87. The average Bonchev–Trinajstić information content (AvgIpc) is 3.34. The molecule has 0 bridgehead atoms. The van der Waals surface area contributed by atoms with Gasteiger partial charge in [0, 0.05) is 30.7 Å². The number of aromatic nitrogens is 1. The van der Waals surface area contributed by atoms with Gasteiger partial charge >= 0.3 is 0 Å². The van der Waals surface area contributed by atoms with Crippen LogP contribution in [0.2, 0.25) is 0 Å². The second-order valence-corrected chi connectivity index (χ2v) is 8.27. The molecular weight excluding hydrogens is 346 g/mol. The number of aryl methyl sites for hydroxylation is 1. The van der Waals surface area contributed by atoms with Crippen LogP contribution in [0.3, 0.4) is 0 Å². The van der Waals surface area contributed by atoms with E-state index in [4.69, 9.17) is 4.74 Å². The molecule has 1 aliphatic carbocycles. The SMILES string of the molecule is Cc1cc(NC(O)c2cccc(C3CC3NCC3CCOCC3)c2)sn1. The molecule has 1 saturated carbocycles. The van der Waals surface area contributed by atoms with Gasteiger partial charge in [-0.3, -0.25) is 0 Å². The van der Waals surface area contributed by atoms with Crippen molar-refractivity contribution in [2.45, 2.75) is 44.4 Å². The summed E-state index contributed by atoms with van der Waals surface area (Å²) in [5.74, 6) is 1.32. The first-order chi connectivity index (χ1) is 12.7. The minimum absolute atomic E-state index is 0.563. The summed E-state index contributed by atoms with van der Waals surface area (Å²) in [6.07, 6.45) is 2.83. The Balaban J connectivity index is 1.31. The van der Waals surface area contributed by atoms with Gasteiger partial charge in [0.2, 0.25) is 0 Å². The van der Waals surface area contributed by atoms with E-state index in [1.54, 1.807) is 0 Å². The van der Waals surface area contributed by atoms with Crippen molar-refractivity contribution in [2.75, 3.05) is 25.1 Å². The minimum Gasteiger partial charge on any atom is -0.381 e. The fourth-order valence-corrected chi connectivity index (χ4v) is 4.35. The Kier molecular flexibility index (Phi) is 5.55. The lowest BCUT2D eigenvalue weighted by atomic mass is 10.0. The number of hydrogen-bond donors (Lipinski definition) is 3. The predicted molar refractivity (Wildman–Crippen MR) is 105 cm³/mol. The Morgan fingerprint density at radius 2 is 2.15 bits per heavy atom. The molecule has 2 fully saturated rings. The normalized spacial score (nSPS) is 24.4. The van der Waals surface area contributed by atoms with Crippen molar-refractivity contribution in [1.29, 1.82) is 0 Å². The van der Waals surface area contributed by atoms with Crippen LogP contribution in [0, 0.1) is 12.8 Å². The Bertz CT molecular complexity index is 729. The zero-order valence-electron chi connectivity index (χ0n) is 15.1. The lowest BCUT2D eigenvalue weighted by Crippen LogP contribution is -2.29. The molecule has 1 aromatic heterocycles.